The molecular weight excluding hydrogens is 322 g/mol. The molecular formula is C21H23N5. The molecule has 5 heteroatoms. The van der Waals surface area contributed by atoms with Crippen molar-refractivity contribution < 1.29 is 0 Å². The largest absolute Gasteiger partial charge is 0.346 e. The van der Waals surface area contributed by atoms with Crippen molar-refractivity contribution in [2.24, 2.45) is 5.92 Å². The molecule has 5 nitrogen and oxygen atoms in total. The van der Waals surface area contributed by atoms with Crippen LogP contribution in [-0.4, -0.2) is 19.9 Å². The smallest absolute Gasteiger partial charge is 0.223 e. The Hall–Kier alpha value is -2.82. The summed E-state index contributed by atoms with van der Waals surface area (Å²) in [4.78, 5) is 18.4. The van der Waals surface area contributed by atoms with Crippen molar-refractivity contribution in [2.45, 2.75) is 39.7 Å². The maximum atomic E-state index is 4.75. The molecule has 26 heavy (non-hydrogen) atoms. The van der Waals surface area contributed by atoms with E-state index >= 15 is 0 Å². The number of nitrogens with one attached hydrogen (secondary N) is 1. The predicted molar refractivity (Wildman–Crippen MR) is 103 cm³/mol. The minimum absolute atomic E-state index is 0.156. The van der Waals surface area contributed by atoms with Crippen LogP contribution in [0.25, 0.3) is 11.3 Å². The first-order valence-electron chi connectivity index (χ1n) is 9.07. The zero-order valence-corrected chi connectivity index (χ0v) is 15.4. The summed E-state index contributed by atoms with van der Waals surface area (Å²) in [7, 11) is 0. The Kier molecular flexibility index (Phi) is 4.37. The predicted octanol–water partition coefficient (Wildman–Crippen LogP) is 4.42. The summed E-state index contributed by atoms with van der Waals surface area (Å²) >= 11 is 0. The van der Waals surface area contributed by atoms with Crippen molar-refractivity contribution in [3.05, 3.63) is 65.4 Å². The lowest BCUT2D eigenvalue weighted by Gasteiger charge is -2.19. The topological polar surface area (TPSA) is 63.6 Å². The van der Waals surface area contributed by atoms with E-state index in [1.54, 1.807) is 6.20 Å². The summed E-state index contributed by atoms with van der Waals surface area (Å²) in [6.07, 6.45) is 6.10. The van der Waals surface area contributed by atoms with E-state index in [-0.39, 0.29) is 6.04 Å². The van der Waals surface area contributed by atoms with Gasteiger partial charge in [-0.15, -0.1) is 0 Å². The Morgan fingerprint density at radius 1 is 0.962 bits per heavy atom. The van der Waals surface area contributed by atoms with Gasteiger partial charge in [0.15, 0.2) is 0 Å². The van der Waals surface area contributed by atoms with Gasteiger partial charge in [-0.25, -0.2) is 9.97 Å². The summed E-state index contributed by atoms with van der Waals surface area (Å²) in [5.41, 5.74) is 6.22. The van der Waals surface area contributed by atoms with Crippen molar-refractivity contribution >= 4 is 5.95 Å². The SMILES string of the molecule is Cc1ccc(-c2ccnc(N[C@@H](c3ncccc3C)C3CC3)n2)c(C)n1. The van der Waals surface area contributed by atoms with Crippen LogP contribution in [0.1, 0.15) is 41.5 Å². The molecule has 0 bridgehead atoms. The molecule has 3 aromatic rings. The first-order valence-corrected chi connectivity index (χ1v) is 9.07. The third-order valence-electron chi connectivity index (χ3n) is 4.88. The van der Waals surface area contributed by atoms with E-state index in [9.17, 15) is 0 Å². The van der Waals surface area contributed by atoms with Gasteiger partial charge in [0.2, 0.25) is 5.95 Å². The summed E-state index contributed by atoms with van der Waals surface area (Å²) in [5.74, 6) is 1.24. The molecule has 0 aromatic carbocycles. The first-order chi connectivity index (χ1) is 12.6. The fourth-order valence-corrected chi connectivity index (χ4v) is 3.34. The van der Waals surface area contributed by atoms with Gasteiger partial charge < -0.3 is 5.32 Å². The van der Waals surface area contributed by atoms with Gasteiger partial charge in [-0.3, -0.25) is 9.97 Å². The molecule has 4 rings (SSSR count). The maximum Gasteiger partial charge on any atom is 0.223 e. The van der Waals surface area contributed by atoms with E-state index in [2.05, 4.69) is 39.3 Å². The zero-order valence-electron chi connectivity index (χ0n) is 15.4. The third kappa shape index (κ3) is 3.43. The summed E-state index contributed by atoms with van der Waals surface area (Å²) < 4.78 is 0. The van der Waals surface area contributed by atoms with E-state index in [0.29, 0.717) is 11.9 Å². The molecule has 1 fully saturated rings. The fourth-order valence-electron chi connectivity index (χ4n) is 3.34. The maximum absolute atomic E-state index is 4.75. The molecule has 1 saturated carbocycles. The number of rotatable bonds is 5. The van der Waals surface area contributed by atoms with Gasteiger partial charge >= 0.3 is 0 Å². The fraction of sp³-hybridized carbons (Fsp3) is 0.333. The van der Waals surface area contributed by atoms with Crippen molar-refractivity contribution in [1.82, 2.24) is 19.9 Å². The Bertz CT molecular complexity index is 933. The van der Waals surface area contributed by atoms with Gasteiger partial charge in [0, 0.05) is 29.3 Å². The highest BCUT2D eigenvalue weighted by atomic mass is 15.1. The van der Waals surface area contributed by atoms with Crippen molar-refractivity contribution in [2.75, 3.05) is 5.32 Å². The monoisotopic (exact) mass is 345 g/mol. The summed E-state index contributed by atoms with van der Waals surface area (Å²) in [6, 6.07) is 10.3. The standard InChI is InChI=1S/C21H23N5/c1-13-5-4-11-22-19(13)20(16-7-8-16)26-21-23-12-10-18(25-21)17-9-6-14(2)24-15(17)3/h4-6,9-12,16,20H,7-8H2,1-3H3,(H,23,25,26)/t20-/m1/s1. The molecule has 1 aliphatic carbocycles. The lowest BCUT2D eigenvalue weighted by atomic mass is 10.0. The normalized spacial score (nSPS) is 14.9. The molecule has 0 spiro atoms. The van der Waals surface area contributed by atoms with Crippen molar-refractivity contribution in [1.29, 1.82) is 0 Å². The van der Waals surface area contributed by atoms with E-state index in [1.165, 1.54) is 18.4 Å². The van der Waals surface area contributed by atoms with Crippen LogP contribution in [0, 0.1) is 26.7 Å². The van der Waals surface area contributed by atoms with E-state index in [4.69, 9.17) is 4.98 Å². The van der Waals surface area contributed by atoms with Gasteiger partial charge in [0.25, 0.3) is 0 Å². The van der Waals surface area contributed by atoms with Crippen LogP contribution in [0.3, 0.4) is 0 Å². The van der Waals surface area contributed by atoms with Gasteiger partial charge in [-0.2, -0.15) is 0 Å². The van der Waals surface area contributed by atoms with Crippen LogP contribution in [0.15, 0.2) is 42.7 Å². The second-order valence-corrected chi connectivity index (χ2v) is 7.02. The lowest BCUT2D eigenvalue weighted by molar-refractivity contribution is 0.647. The molecule has 0 aliphatic heterocycles. The van der Waals surface area contributed by atoms with E-state index < -0.39 is 0 Å². The van der Waals surface area contributed by atoms with Gasteiger partial charge in [0.1, 0.15) is 0 Å². The van der Waals surface area contributed by atoms with Gasteiger partial charge in [-0.1, -0.05) is 6.07 Å². The average molecular weight is 345 g/mol. The van der Waals surface area contributed by atoms with Gasteiger partial charge in [0.05, 0.1) is 17.4 Å². The molecule has 0 radical (unpaired) electrons. The van der Waals surface area contributed by atoms with Crippen LogP contribution in [0.4, 0.5) is 5.95 Å². The number of nitrogens with zero attached hydrogens (tertiary/aromatic N) is 4. The zero-order chi connectivity index (χ0) is 18.1. The second kappa shape index (κ2) is 6.83. The van der Waals surface area contributed by atoms with Crippen molar-refractivity contribution in [3.63, 3.8) is 0 Å². The number of aromatic nitrogens is 4. The molecule has 3 aromatic heterocycles. The summed E-state index contributed by atoms with van der Waals surface area (Å²) in [6.45, 7) is 6.12. The summed E-state index contributed by atoms with van der Waals surface area (Å²) in [5, 5.41) is 3.53. The average Bonchev–Trinajstić information content (AvgIpc) is 3.46. The van der Waals surface area contributed by atoms with E-state index in [0.717, 1.165) is 28.3 Å². The molecule has 0 unspecified atom stereocenters. The molecule has 0 saturated heterocycles. The van der Waals surface area contributed by atoms with Gasteiger partial charge in [-0.05, 0) is 69.4 Å². The first kappa shape index (κ1) is 16.6. The highest BCUT2D eigenvalue weighted by molar-refractivity contribution is 5.62. The second-order valence-electron chi connectivity index (χ2n) is 7.02. The Labute approximate surface area is 154 Å². The third-order valence-corrected chi connectivity index (χ3v) is 4.88. The van der Waals surface area contributed by atoms with Crippen LogP contribution >= 0.6 is 0 Å². The number of pyridine rings is 2. The van der Waals surface area contributed by atoms with Crippen LogP contribution in [-0.2, 0) is 0 Å². The highest BCUT2D eigenvalue weighted by Crippen LogP contribution is 2.42. The number of hydrogen-bond donors (Lipinski definition) is 1. The molecule has 3 heterocycles. The lowest BCUT2D eigenvalue weighted by Crippen LogP contribution is -2.17. The number of aryl methyl sites for hydroxylation is 3. The highest BCUT2D eigenvalue weighted by Gasteiger charge is 2.34. The number of anilines is 1. The Balaban J connectivity index is 1.65. The van der Waals surface area contributed by atoms with Crippen LogP contribution in [0.2, 0.25) is 0 Å². The molecule has 132 valence electrons. The molecule has 1 atom stereocenters. The minimum Gasteiger partial charge on any atom is -0.346 e. The quantitative estimate of drug-likeness (QED) is 0.741. The van der Waals surface area contributed by atoms with Crippen LogP contribution in [0.5, 0.6) is 0 Å². The Morgan fingerprint density at radius 2 is 1.81 bits per heavy atom. The number of hydrogen-bond acceptors (Lipinski definition) is 5. The van der Waals surface area contributed by atoms with E-state index in [1.807, 2.05) is 38.2 Å². The minimum atomic E-state index is 0.156. The molecule has 1 N–H and O–H groups in total. The molecule has 0 amide bonds. The van der Waals surface area contributed by atoms with Crippen molar-refractivity contribution in [3.8, 4) is 11.3 Å². The Morgan fingerprint density at radius 3 is 2.54 bits per heavy atom. The van der Waals surface area contributed by atoms with Crippen LogP contribution < -0.4 is 5.32 Å². The molecule has 1 aliphatic rings.